The van der Waals surface area contributed by atoms with E-state index >= 15 is 4.39 Å². The third kappa shape index (κ3) is 4.67. The van der Waals surface area contributed by atoms with E-state index in [2.05, 4.69) is 22.3 Å². The molecule has 200 valence electrons. The molecule has 1 atom stereocenters. The van der Waals surface area contributed by atoms with Crippen molar-refractivity contribution < 1.29 is 18.6 Å². The van der Waals surface area contributed by atoms with E-state index in [-0.39, 0.29) is 17.8 Å². The van der Waals surface area contributed by atoms with Crippen LogP contribution in [0.15, 0.2) is 42.6 Å². The Morgan fingerprint density at radius 1 is 1.18 bits per heavy atom. The zero-order chi connectivity index (χ0) is 27.0. The molecule has 0 spiro atoms. The zero-order valence-electron chi connectivity index (χ0n) is 22.3. The van der Waals surface area contributed by atoms with Gasteiger partial charge in [0.05, 0.1) is 17.8 Å². The molecule has 1 saturated carbocycles. The van der Waals surface area contributed by atoms with Crippen LogP contribution >= 0.6 is 0 Å². The van der Waals surface area contributed by atoms with Crippen molar-refractivity contribution in [2.45, 2.75) is 52.2 Å². The van der Waals surface area contributed by atoms with Gasteiger partial charge >= 0.3 is 0 Å². The molecular weight excluding hydrogens is 486 g/mol. The lowest BCUT2D eigenvalue weighted by molar-refractivity contribution is -0.0254. The summed E-state index contributed by atoms with van der Waals surface area (Å²) in [4.78, 5) is 4.43. The van der Waals surface area contributed by atoms with Crippen LogP contribution in [0.1, 0.15) is 54.8 Å². The van der Waals surface area contributed by atoms with E-state index in [0.29, 0.717) is 29.8 Å². The number of aliphatic hydroxyl groups is 1. The van der Waals surface area contributed by atoms with Crippen LogP contribution in [0.5, 0.6) is 5.75 Å². The number of halogens is 2. The van der Waals surface area contributed by atoms with Crippen LogP contribution in [-0.2, 0) is 20.0 Å². The van der Waals surface area contributed by atoms with E-state index in [1.165, 1.54) is 0 Å². The second kappa shape index (κ2) is 10.4. The molecule has 2 aromatic heterocycles. The first-order valence-corrected chi connectivity index (χ1v) is 13.1. The Bertz CT molecular complexity index is 1480. The average molecular weight is 521 g/mol. The first-order chi connectivity index (χ1) is 18.2. The molecule has 2 aromatic carbocycles. The Labute approximate surface area is 221 Å². The van der Waals surface area contributed by atoms with Gasteiger partial charge in [0.1, 0.15) is 6.10 Å². The van der Waals surface area contributed by atoms with E-state index in [9.17, 15) is 9.50 Å². The molecule has 38 heavy (non-hydrogen) atoms. The number of nitrogens with one attached hydrogen (secondary N) is 1. The lowest BCUT2D eigenvalue weighted by atomic mass is 9.65. The maximum atomic E-state index is 15.1. The van der Waals surface area contributed by atoms with E-state index in [1.54, 1.807) is 16.9 Å². The molecule has 0 saturated heterocycles. The molecule has 0 radical (unpaired) electrons. The molecule has 5 rings (SSSR count). The minimum Gasteiger partial charge on any atom is -0.489 e. The minimum atomic E-state index is -1.02. The summed E-state index contributed by atoms with van der Waals surface area (Å²) in [7, 11) is 3.72. The predicted molar refractivity (Wildman–Crippen MR) is 144 cm³/mol. The second-order valence-corrected chi connectivity index (χ2v) is 10.6. The van der Waals surface area contributed by atoms with Crippen molar-refractivity contribution in [2.75, 3.05) is 13.7 Å². The predicted octanol–water partition coefficient (Wildman–Crippen LogP) is 5.79. The largest absolute Gasteiger partial charge is 0.489 e. The lowest BCUT2D eigenvalue weighted by Gasteiger charge is -2.42. The highest BCUT2D eigenvalue weighted by atomic mass is 19.2. The van der Waals surface area contributed by atoms with E-state index in [4.69, 9.17) is 4.74 Å². The molecular formula is C30H34F2N4O2. The Morgan fingerprint density at radius 3 is 2.68 bits per heavy atom. The van der Waals surface area contributed by atoms with E-state index < -0.39 is 17.7 Å². The van der Waals surface area contributed by atoms with Crippen molar-refractivity contribution >= 4 is 10.9 Å². The highest BCUT2D eigenvalue weighted by Crippen LogP contribution is 2.50. The third-order valence-electron chi connectivity index (χ3n) is 8.06. The monoisotopic (exact) mass is 520 g/mol. The summed E-state index contributed by atoms with van der Waals surface area (Å²) in [5.41, 5.74) is 5.33. The molecule has 1 fully saturated rings. The molecule has 2 N–H and O–H groups in total. The molecule has 4 aromatic rings. The molecule has 6 nitrogen and oxygen atoms in total. The van der Waals surface area contributed by atoms with Crippen molar-refractivity contribution in [3.63, 3.8) is 0 Å². The van der Waals surface area contributed by atoms with Crippen LogP contribution in [0.2, 0.25) is 0 Å². The van der Waals surface area contributed by atoms with E-state index in [1.807, 2.05) is 45.3 Å². The van der Waals surface area contributed by atoms with Crippen LogP contribution < -0.4 is 10.1 Å². The molecule has 0 aliphatic heterocycles. The van der Waals surface area contributed by atoms with Gasteiger partial charge in [0.15, 0.2) is 11.6 Å². The number of hydrogen-bond acceptors (Lipinski definition) is 5. The number of fused-ring (bicyclic) bond motifs is 1. The number of aliphatic hydroxyl groups excluding tert-OH is 1. The standard InChI is InChI=1S/C30H34F2N4O2/c1-18-21(27(35-36(18)4)29(37)30(2)12-5-13-30)11-15-38-28-22(7-8-24(31)26(28)32)19-6-9-25-23(16-19)20(17-33-3)10-14-34-25/h6-10,14,16,29,33,37H,5,11-13,15,17H2,1-4H3/t29-/m0/s1. The summed E-state index contributed by atoms with van der Waals surface area (Å²) >= 11 is 0. The van der Waals surface area contributed by atoms with Crippen LogP contribution in [0, 0.1) is 24.0 Å². The maximum absolute atomic E-state index is 15.1. The fourth-order valence-electron chi connectivity index (χ4n) is 5.42. The molecule has 1 aliphatic rings. The van der Waals surface area contributed by atoms with Crippen molar-refractivity contribution in [1.82, 2.24) is 20.1 Å². The summed E-state index contributed by atoms with van der Waals surface area (Å²) < 4.78 is 37.2. The Morgan fingerprint density at radius 2 is 1.97 bits per heavy atom. The normalized spacial score (nSPS) is 15.4. The molecule has 1 aliphatic carbocycles. The number of benzene rings is 2. The molecule has 0 unspecified atom stereocenters. The number of rotatable bonds is 9. The summed E-state index contributed by atoms with van der Waals surface area (Å²) in [6, 6.07) is 10.3. The number of pyridine rings is 1. The van der Waals surface area contributed by atoms with Crippen molar-refractivity contribution in [3.8, 4) is 16.9 Å². The summed E-state index contributed by atoms with van der Waals surface area (Å²) in [6.07, 6.45) is 4.50. The number of ether oxygens (including phenoxy) is 1. The van der Waals surface area contributed by atoms with Gasteiger partial charge in [-0.25, -0.2) is 4.39 Å². The lowest BCUT2D eigenvalue weighted by Crippen LogP contribution is -2.33. The highest BCUT2D eigenvalue weighted by Gasteiger charge is 2.42. The van der Waals surface area contributed by atoms with Gasteiger partial charge in [-0.2, -0.15) is 9.49 Å². The Kier molecular flexibility index (Phi) is 7.20. The fraction of sp³-hybridized carbons (Fsp3) is 0.400. The third-order valence-corrected chi connectivity index (χ3v) is 8.06. The number of nitrogens with zero attached hydrogens (tertiary/aromatic N) is 3. The first-order valence-electron chi connectivity index (χ1n) is 13.1. The van der Waals surface area contributed by atoms with Gasteiger partial charge in [0, 0.05) is 48.4 Å². The Balaban J connectivity index is 1.45. The average Bonchev–Trinajstić information content (AvgIpc) is 3.18. The van der Waals surface area contributed by atoms with Crippen LogP contribution in [-0.4, -0.2) is 33.5 Å². The number of aromatic nitrogens is 3. The smallest absolute Gasteiger partial charge is 0.201 e. The summed E-state index contributed by atoms with van der Waals surface area (Å²) in [5.74, 6) is -2.11. The summed E-state index contributed by atoms with van der Waals surface area (Å²) in [6.45, 7) is 4.79. The van der Waals surface area contributed by atoms with Crippen molar-refractivity contribution in [3.05, 3.63) is 76.7 Å². The second-order valence-electron chi connectivity index (χ2n) is 10.6. The molecule has 8 heteroatoms. The number of hydrogen-bond donors (Lipinski definition) is 2. The van der Waals surface area contributed by atoms with Gasteiger partial charge in [-0.15, -0.1) is 0 Å². The van der Waals surface area contributed by atoms with Crippen LogP contribution in [0.25, 0.3) is 22.0 Å². The molecule has 0 bridgehead atoms. The van der Waals surface area contributed by atoms with Crippen molar-refractivity contribution in [2.24, 2.45) is 12.5 Å². The van der Waals surface area contributed by atoms with Gasteiger partial charge in [-0.3, -0.25) is 9.67 Å². The maximum Gasteiger partial charge on any atom is 0.201 e. The van der Waals surface area contributed by atoms with Gasteiger partial charge in [-0.1, -0.05) is 19.4 Å². The highest BCUT2D eigenvalue weighted by molar-refractivity contribution is 5.88. The van der Waals surface area contributed by atoms with Crippen molar-refractivity contribution in [1.29, 1.82) is 0 Å². The van der Waals surface area contributed by atoms with Gasteiger partial charge in [0.2, 0.25) is 5.82 Å². The quantitative estimate of drug-likeness (QED) is 0.292. The van der Waals surface area contributed by atoms with Gasteiger partial charge < -0.3 is 15.2 Å². The zero-order valence-corrected chi connectivity index (χ0v) is 22.3. The van der Waals surface area contributed by atoms with Gasteiger partial charge in [-0.05, 0) is 73.7 Å². The van der Waals surface area contributed by atoms with E-state index in [0.717, 1.165) is 53.1 Å². The molecule has 0 amide bonds. The SMILES string of the molecule is CNCc1ccnc2ccc(-c3ccc(F)c(F)c3OCCc3c([C@H](O)C4(C)CCC4)nn(C)c3C)cc12. The minimum absolute atomic E-state index is 0.108. The Hall–Kier alpha value is -3.36. The topological polar surface area (TPSA) is 72.2 Å². The first kappa shape index (κ1) is 26.3. The molecule has 2 heterocycles. The summed E-state index contributed by atoms with van der Waals surface area (Å²) in [5, 5.41) is 19.8. The van der Waals surface area contributed by atoms with Crippen LogP contribution in [0.3, 0.4) is 0 Å². The van der Waals surface area contributed by atoms with Crippen LogP contribution in [0.4, 0.5) is 8.78 Å². The fourth-order valence-corrected chi connectivity index (χ4v) is 5.42. The van der Waals surface area contributed by atoms with Gasteiger partial charge in [0.25, 0.3) is 0 Å². The number of aryl methyl sites for hydroxylation is 1.